The zero-order valence-corrected chi connectivity index (χ0v) is 13.6. The molecule has 1 N–H and O–H groups in total. The van der Waals surface area contributed by atoms with Crippen molar-refractivity contribution in [1.82, 2.24) is 9.80 Å². The molecule has 22 heavy (non-hydrogen) atoms. The van der Waals surface area contributed by atoms with E-state index in [1.807, 2.05) is 19.0 Å². The van der Waals surface area contributed by atoms with Gasteiger partial charge in [0, 0.05) is 18.1 Å². The van der Waals surface area contributed by atoms with E-state index in [4.69, 9.17) is 11.6 Å². The SMILES string of the molecule is CC(=O)C1=C(O)C(=O)N(CCN(C)C)[C@@H]1c1ccccc1Cl. The van der Waals surface area contributed by atoms with Crippen LogP contribution in [-0.2, 0) is 9.59 Å². The molecule has 5 nitrogen and oxygen atoms in total. The van der Waals surface area contributed by atoms with Crippen molar-refractivity contribution in [1.29, 1.82) is 0 Å². The number of carbonyl (C=O) groups excluding carboxylic acids is 2. The van der Waals surface area contributed by atoms with Gasteiger partial charge in [-0.1, -0.05) is 29.8 Å². The highest BCUT2D eigenvalue weighted by Crippen LogP contribution is 2.40. The van der Waals surface area contributed by atoms with Crippen LogP contribution in [0, 0.1) is 0 Å². The standard InChI is InChI=1S/C16H19ClN2O3/c1-10(20)13-14(11-6-4-5-7-12(11)17)19(9-8-18(2)3)16(22)15(13)21/h4-7,14,21H,8-9H2,1-3H3/t14-/m1/s1. The Balaban J connectivity index is 2.48. The molecule has 1 aliphatic rings. The van der Waals surface area contributed by atoms with Crippen LogP contribution in [0.4, 0.5) is 0 Å². The van der Waals surface area contributed by atoms with E-state index in [0.29, 0.717) is 23.7 Å². The maximum absolute atomic E-state index is 12.3. The van der Waals surface area contributed by atoms with Gasteiger partial charge in [0.15, 0.2) is 11.5 Å². The fourth-order valence-electron chi connectivity index (χ4n) is 2.57. The predicted octanol–water partition coefficient (Wildman–Crippen LogP) is 2.19. The summed E-state index contributed by atoms with van der Waals surface area (Å²) in [5.74, 6) is -1.34. The molecule has 0 aliphatic carbocycles. The molecule has 2 rings (SSSR count). The zero-order chi connectivity index (χ0) is 16.4. The van der Waals surface area contributed by atoms with Crippen molar-refractivity contribution in [3.63, 3.8) is 0 Å². The Hall–Kier alpha value is -1.85. The Labute approximate surface area is 134 Å². The first kappa shape index (κ1) is 16.5. The molecule has 0 saturated heterocycles. The third kappa shape index (κ3) is 3.00. The average molecular weight is 323 g/mol. The highest BCUT2D eigenvalue weighted by molar-refractivity contribution is 6.31. The summed E-state index contributed by atoms with van der Waals surface area (Å²) in [7, 11) is 3.79. The van der Waals surface area contributed by atoms with Crippen LogP contribution < -0.4 is 0 Å². The number of nitrogens with zero attached hydrogens (tertiary/aromatic N) is 2. The van der Waals surface area contributed by atoms with Gasteiger partial charge in [-0.2, -0.15) is 0 Å². The smallest absolute Gasteiger partial charge is 0.290 e. The van der Waals surface area contributed by atoms with E-state index < -0.39 is 17.7 Å². The largest absolute Gasteiger partial charge is 0.503 e. The van der Waals surface area contributed by atoms with Crippen LogP contribution >= 0.6 is 11.6 Å². The molecule has 0 radical (unpaired) electrons. The Morgan fingerprint density at radius 1 is 1.36 bits per heavy atom. The van der Waals surface area contributed by atoms with Crippen molar-refractivity contribution in [2.24, 2.45) is 0 Å². The number of halogens is 1. The quantitative estimate of drug-likeness (QED) is 0.902. The lowest BCUT2D eigenvalue weighted by molar-refractivity contribution is -0.129. The number of carbonyl (C=O) groups is 2. The van der Waals surface area contributed by atoms with E-state index in [1.54, 1.807) is 24.3 Å². The molecule has 1 aromatic rings. The van der Waals surface area contributed by atoms with Crippen molar-refractivity contribution in [3.05, 3.63) is 46.2 Å². The number of likely N-dealkylation sites (N-methyl/N-ethyl adjacent to an activating group) is 1. The summed E-state index contributed by atoms with van der Waals surface area (Å²) in [6.07, 6.45) is 0. The van der Waals surface area contributed by atoms with Gasteiger partial charge in [0.05, 0.1) is 11.6 Å². The Morgan fingerprint density at radius 2 is 2.00 bits per heavy atom. The molecule has 0 spiro atoms. The molecule has 1 heterocycles. The molecule has 1 atom stereocenters. The van der Waals surface area contributed by atoms with E-state index in [9.17, 15) is 14.7 Å². The van der Waals surface area contributed by atoms with Crippen LogP contribution in [0.5, 0.6) is 0 Å². The van der Waals surface area contributed by atoms with E-state index in [0.717, 1.165) is 0 Å². The van der Waals surface area contributed by atoms with Crippen LogP contribution in [0.15, 0.2) is 35.6 Å². The normalized spacial score (nSPS) is 18.5. The second-order valence-electron chi connectivity index (χ2n) is 5.54. The maximum Gasteiger partial charge on any atom is 0.290 e. The number of aliphatic hydroxyl groups excluding tert-OH is 1. The fourth-order valence-corrected chi connectivity index (χ4v) is 2.81. The third-order valence-electron chi connectivity index (χ3n) is 3.67. The molecular formula is C16H19ClN2O3. The maximum atomic E-state index is 12.3. The number of amides is 1. The minimum absolute atomic E-state index is 0.108. The summed E-state index contributed by atoms with van der Waals surface area (Å²) in [6.45, 7) is 2.35. The molecule has 0 fully saturated rings. The highest BCUT2D eigenvalue weighted by Gasteiger charge is 2.42. The first-order valence-corrected chi connectivity index (χ1v) is 7.36. The molecule has 1 aliphatic heterocycles. The van der Waals surface area contributed by atoms with Gasteiger partial charge in [-0.05, 0) is 32.6 Å². The van der Waals surface area contributed by atoms with Gasteiger partial charge in [0.2, 0.25) is 0 Å². The van der Waals surface area contributed by atoms with Gasteiger partial charge < -0.3 is 14.9 Å². The van der Waals surface area contributed by atoms with Crippen molar-refractivity contribution >= 4 is 23.3 Å². The number of hydrogen-bond acceptors (Lipinski definition) is 4. The molecule has 0 aromatic heterocycles. The molecule has 6 heteroatoms. The summed E-state index contributed by atoms with van der Waals surface area (Å²) in [6, 6.07) is 6.41. The van der Waals surface area contributed by atoms with Crippen molar-refractivity contribution < 1.29 is 14.7 Å². The number of ketones is 1. The van der Waals surface area contributed by atoms with Crippen LogP contribution in [-0.4, -0.2) is 53.8 Å². The van der Waals surface area contributed by atoms with E-state index in [-0.39, 0.29) is 11.4 Å². The topological polar surface area (TPSA) is 60.9 Å². The summed E-state index contributed by atoms with van der Waals surface area (Å²) in [4.78, 5) is 27.7. The predicted molar refractivity (Wildman–Crippen MR) is 84.8 cm³/mol. The van der Waals surface area contributed by atoms with Gasteiger partial charge in [0.1, 0.15) is 0 Å². The van der Waals surface area contributed by atoms with Crippen LogP contribution in [0.3, 0.4) is 0 Å². The fraction of sp³-hybridized carbons (Fsp3) is 0.375. The second-order valence-corrected chi connectivity index (χ2v) is 5.95. The number of rotatable bonds is 5. The molecule has 1 aromatic carbocycles. The molecular weight excluding hydrogens is 304 g/mol. The van der Waals surface area contributed by atoms with Crippen LogP contribution in [0.25, 0.3) is 0 Å². The van der Waals surface area contributed by atoms with Crippen molar-refractivity contribution in [2.75, 3.05) is 27.2 Å². The first-order valence-electron chi connectivity index (χ1n) is 6.98. The average Bonchev–Trinajstić information content (AvgIpc) is 2.69. The second kappa shape index (κ2) is 6.50. The molecule has 0 unspecified atom stereocenters. The monoisotopic (exact) mass is 322 g/mol. The van der Waals surface area contributed by atoms with Crippen molar-refractivity contribution in [2.45, 2.75) is 13.0 Å². The zero-order valence-electron chi connectivity index (χ0n) is 12.8. The minimum atomic E-state index is -0.640. The van der Waals surface area contributed by atoms with Gasteiger partial charge in [0.25, 0.3) is 5.91 Å². The molecule has 1 amide bonds. The molecule has 0 saturated carbocycles. The van der Waals surface area contributed by atoms with Crippen LogP contribution in [0.2, 0.25) is 5.02 Å². The third-order valence-corrected chi connectivity index (χ3v) is 4.02. The van der Waals surface area contributed by atoms with E-state index >= 15 is 0 Å². The van der Waals surface area contributed by atoms with Crippen LogP contribution in [0.1, 0.15) is 18.5 Å². The molecule has 118 valence electrons. The Bertz CT molecular complexity index is 640. The summed E-state index contributed by atoms with van der Waals surface area (Å²) >= 11 is 6.23. The number of benzene rings is 1. The summed E-state index contributed by atoms with van der Waals surface area (Å²) < 4.78 is 0. The number of aliphatic hydroxyl groups is 1. The Morgan fingerprint density at radius 3 is 2.55 bits per heavy atom. The highest BCUT2D eigenvalue weighted by atomic mass is 35.5. The first-order chi connectivity index (χ1) is 10.3. The molecule has 0 bridgehead atoms. The van der Waals surface area contributed by atoms with Crippen molar-refractivity contribution in [3.8, 4) is 0 Å². The lowest BCUT2D eigenvalue weighted by atomic mass is 9.96. The van der Waals surface area contributed by atoms with E-state index in [2.05, 4.69) is 0 Å². The lowest BCUT2D eigenvalue weighted by Crippen LogP contribution is -2.36. The number of Topliss-reactive ketones (excluding diaryl/α,β-unsaturated/α-hetero) is 1. The van der Waals surface area contributed by atoms with Gasteiger partial charge in [-0.25, -0.2) is 0 Å². The van der Waals surface area contributed by atoms with E-state index in [1.165, 1.54) is 11.8 Å². The summed E-state index contributed by atoms with van der Waals surface area (Å²) in [5.41, 5.74) is 0.752. The summed E-state index contributed by atoms with van der Waals surface area (Å²) in [5, 5.41) is 10.6. The Kier molecular flexibility index (Phi) is 4.88. The minimum Gasteiger partial charge on any atom is -0.503 e. The number of hydrogen-bond donors (Lipinski definition) is 1. The van der Waals surface area contributed by atoms with Gasteiger partial charge >= 0.3 is 0 Å². The van der Waals surface area contributed by atoms with Gasteiger partial charge in [-0.15, -0.1) is 0 Å². The van der Waals surface area contributed by atoms with Gasteiger partial charge in [-0.3, -0.25) is 9.59 Å². The lowest BCUT2D eigenvalue weighted by Gasteiger charge is -2.28.